The summed E-state index contributed by atoms with van der Waals surface area (Å²) in [6.07, 6.45) is 5.56. The molecule has 0 aliphatic heterocycles. The Morgan fingerprint density at radius 1 is 1.22 bits per heavy atom. The van der Waals surface area contributed by atoms with Gasteiger partial charge in [-0.1, -0.05) is 40.9 Å². The summed E-state index contributed by atoms with van der Waals surface area (Å²) in [6, 6.07) is 9.38. The fraction of sp³-hybridized carbons (Fsp3) is 0.600. The lowest BCUT2D eigenvalue weighted by Crippen LogP contribution is -2.34. The quantitative estimate of drug-likeness (QED) is 0.866. The highest BCUT2D eigenvalue weighted by atomic mass is 79.9. The molecule has 2 rings (SSSR count). The minimum absolute atomic E-state index is 0.783. The fourth-order valence-corrected chi connectivity index (χ4v) is 2.83. The molecule has 18 heavy (non-hydrogen) atoms. The lowest BCUT2D eigenvalue weighted by Gasteiger charge is -2.19. The predicted molar refractivity (Wildman–Crippen MR) is 80.7 cm³/mol. The highest BCUT2D eigenvalue weighted by Crippen LogP contribution is 2.17. The van der Waals surface area contributed by atoms with Crippen molar-refractivity contribution in [2.45, 2.75) is 38.3 Å². The van der Waals surface area contributed by atoms with Crippen LogP contribution in [-0.2, 0) is 6.54 Å². The number of rotatable bonds is 6. The first-order valence-corrected chi connectivity index (χ1v) is 7.70. The van der Waals surface area contributed by atoms with Gasteiger partial charge in [0.25, 0.3) is 0 Å². The second kappa shape index (κ2) is 7.27. The minimum Gasteiger partial charge on any atom is -0.313 e. The summed E-state index contributed by atoms with van der Waals surface area (Å²) in [6.45, 7) is 3.25. The molecule has 1 aliphatic rings. The Morgan fingerprint density at radius 2 is 1.89 bits per heavy atom. The third-order valence-corrected chi connectivity index (χ3v) is 4.18. The highest BCUT2D eigenvalue weighted by Gasteiger charge is 2.13. The van der Waals surface area contributed by atoms with Crippen LogP contribution in [0.3, 0.4) is 0 Å². The van der Waals surface area contributed by atoms with E-state index in [1.54, 1.807) is 0 Å². The Bertz CT molecular complexity index is 344. The second-order valence-corrected chi connectivity index (χ2v) is 6.22. The molecule has 100 valence electrons. The summed E-state index contributed by atoms with van der Waals surface area (Å²) in [5, 5.41) is 3.66. The van der Waals surface area contributed by atoms with Crippen LogP contribution in [0.2, 0.25) is 0 Å². The van der Waals surface area contributed by atoms with Crippen molar-refractivity contribution in [3.8, 4) is 0 Å². The monoisotopic (exact) mass is 310 g/mol. The number of hydrogen-bond acceptors (Lipinski definition) is 2. The van der Waals surface area contributed by atoms with Crippen LogP contribution < -0.4 is 5.32 Å². The molecule has 1 saturated carbocycles. The van der Waals surface area contributed by atoms with Crippen LogP contribution in [0, 0.1) is 0 Å². The average Bonchev–Trinajstić information content (AvgIpc) is 2.85. The number of benzene rings is 1. The van der Waals surface area contributed by atoms with E-state index in [9.17, 15) is 0 Å². The molecule has 1 aromatic carbocycles. The van der Waals surface area contributed by atoms with Gasteiger partial charge in [-0.2, -0.15) is 0 Å². The lowest BCUT2D eigenvalue weighted by molar-refractivity contribution is 0.316. The zero-order valence-corrected chi connectivity index (χ0v) is 12.7. The van der Waals surface area contributed by atoms with Crippen molar-refractivity contribution in [2.75, 3.05) is 20.1 Å². The van der Waals surface area contributed by atoms with Crippen LogP contribution in [0.5, 0.6) is 0 Å². The van der Waals surface area contributed by atoms with Gasteiger partial charge in [0.15, 0.2) is 0 Å². The molecule has 1 aliphatic carbocycles. The van der Waals surface area contributed by atoms with E-state index in [0.717, 1.165) is 30.1 Å². The van der Waals surface area contributed by atoms with Gasteiger partial charge in [-0.05, 0) is 37.6 Å². The standard InChI is InChI=1S/C15H23BrN2/c1-18(11-10-17-15-4-2-3-5-15)12-13-6-8-14(16)9-7-13/h6-9,15,17H,2-5,10-12H2,1H3. The molecule has 2 nitrogen and oxygen atoms in total. The van der Waals surface area contributed by atoms with Crippen LogP contribution in [0.15, 0.2) is 28.7 Å². The largest absolute Gasteiger partial charge is 0.313 e. The van der Waals surface area contributed by atoms with E-state index in [4.69, 9.17) is 0 Å². The van der Waals surface area contributed by atoms with E-state index in [0.29, 0.717) is 0 Å². The van der Waals surface area contributed by atoms with Gasteiger partial charge in [-0.3, -0.25) is 0 Å². The maximum absolute atomic E-state index is 3.66. The Morgan fingerprint density at radius 3 is 2.56 bits per heavy atom. The lowest BCUT2D eigenvalue weighted by atomic mass is 10.2. The first kappa shape index (κ1) is 14.0. The van der Waals surface area contributed by atoms with Crippen molar-refractivity contribution >= 4 is 15.9 Å². The van der Waals surface area contributed by atoms with E-state index in [1.807, 2.05) is 0 Å². The summed E-state index contributed by atoms with van der Waals surface area (Å²) in [7, 11) is 2.19. The van der Waals surface area contributed by atoms with Crippen LogP contribution in [-0.4, -0.2) is 31.1 Å². The zero-order valence-electron chi connectivity index (χ0n) is 11.2. The molecular weight excluding hydrogens is 288 g/mol. The highest BCUT2D eigenvalue weighted by molar-refractivity contribution is 9.10. The van der Waals surface area contributed by atoms with Gasteiger partial charge in [0.2, 0.25) is 0 Å². The number of likely N-dealkylation sites (N-methyl/N-ethyl adjacent to an activating group) is 1. The van der Waals surface area contributed by atoms with E-state index in [-0.39, 0.29) is 0 Å². The summed E-state index contributed by atoms with van der Waals surface area (Å²) in [5.74, 6) is 0. The molecule has 0 amide bonds. The predicted octanol–water partition coefficient (Wildman–Crippen LogP) is 3.41. The first-order valence-electron chi connectivity index (χ1n) is 6.90. The van der Waals surface area contributed by atoms with Crippen LogP contribution in [0.25, 0.3) is 0 Å². The molecule has 1 fully saturated rings. The van der Waals surface area contributed by atoms with Crippen molar-refractivity contribution in [3.63, 3.8) is 0 Å². The van der Waals surface area contributed by atoms with E-state index >= 15 is 0 Å². The Labute approximate surface area is 119 Å². The zero-order chi connectivity index (χ0) is 12.8. The van der Waals surface area contributed by atoms with Crippen LogP contribution in [0.1, 0.15) is 31.2 Å². The maximum Gasteiger partial charge on any atom is 0.0231 e. The van der Waals surface area contributed by atoms with E-state index in [1.165, 1.54) is 31.2 Å². The molecule has 1 N–H and O–H groups in total. The molecule has 0 aromatic heterocycles. The molecule has 0 bridgehead atoms. The average molecular weight is 311 g/mol. The fourth-order valence-electron chi connectivity index (χ4n) is 2.57. The molecule has 1 aromatic rings. The molecule has 3 heteroatoms. The Balaban J connectivity index is 1.65. The Hall–Kier alpha value is -0.380. The second-order valence-electron chi connectivity index (χ2n) is 5.30. The van der Waals surface area contributed by atoms with Crippen molar-refractivity contribution in [2.24, 2.45) is 0 Å². The van der Waals surface area contributed by atoms with Gasteiger partial charge in [0.05, 0.1) is 0 Å². The normalized spacial score (nSPS) is 16.6. The van der Waals surface area contributed by atoms with Crippen molar-refractivity contribution < 1.29 is 0 Å². The van der Waals surface area contributed by atoms with Crippen LogP contribution in [0.4, 0.5) is 0 Å². The van der Waals surface area contributed by atoms with E-state index in [2.05, 4.69) is 57.5 Å². The van der Waals surface area contributed by atoms with Gasteiger partial charge < -0.3 is 10.2 Å². The Kier molecular flexibility index (Phi) is 5.67. The first-order chi connectivity index (χ1) is 8.74. The van der Waals surface area contributed by atoms with Crippen molar-refractivity contribution in [1.82, 2.24) is 10.2 Å². The molecule has 0 atom stereocenters. The maximum atomic E-state index is 3.66. The number of hydrogen-bond donors (Lipinski definition) is 1. The number of nitrogens with one attached hydrogen (secondary N) is 1. The molecule has 0 saturated heterocycles. The third-order valence-electron chi connectivity index (χ3n) is 3.65. The van der Waals surface area contributed by atoms with Gasteiger partial charge >= 0.3 is 0 Å². The molecule has 0 heterocycles. The van der Waals surface area contributed by atoms with Crippen molar-refractivity contribution in [3.05, 3.63) is 34.3 Å². The van der Waals surface area contributed by atoms with Gasteiger partial charge in [-0.25, -0.2) is 0 Å². The third kappa shape index (κ3) is 4.71. The molecule has 0 radical (unpaired) electrons. The number of halogens is 1. The molecule has 0 spiro atoms. The summed E-state index contributed by atoms with van der Waals surface area (Å²) < 4.78 is 1.15. The van der Waals surface area contributed by atoms with Gasteiger partial charge in [0, 0.05) is 30.1 Å². The smallest absolute Gasteiger partial charge is 0.0231 e. The van der Waals surface area contributed by atoms with Gasteiger partial charge in [0.1, 0.15) is 0 Å². The molecular formula is C15H23BrN2. The minimum atomic E-state index is 0.783. The summed E-state index contributed by atoms with van der Waals surface area (Å²) in [4.78, 5) is 2.38. The topological polar surface area (TPSA) is 15.3 Å². The summed E-state index contributed by atoms with van der Waals surface area (Å²) in [5.41, 5.74) is 1.38. The number of nitrogens with zero attached hydrogens (tertiary/aromatic N) is 1. The van der Waals surface area contributed by atoms with Crippen molar-refractivity contribution in [1.29, 1.82) is 0 Å². The SMILES string of the molecule is CN(CCNC1CCCC1)Cc1ccc(Br)cc1. The molecule has 0 unspecified atom stereocenters. The van der Waals surface area contributed by atoms with E-state index < -0.39 is 0 Å². The summed E-state index contributed by atoms with van der Waals surface area (Å²) >= 11 is 3.47. The van der Waals surface area contributed by atoms with Crippen LogP contribution >= 0.6 is 15.9 Å². The van der Waals surface area contributed by atoms with Gasteiger partial charge in [-0.15, -0.1) is 0 Å².